The van der Waals surface area contributed by atoms with Crippen LogP contribution in [0.4, 0.5) is 4.39 Å². The molecule has 0 saturated heterocycles. The standard InChI is InChI=1S/C23H14FN7/c24-16-4-1-3-13(7-16)17-5-2-6-19-20(17)29-23(28-19)21-18-8-14(11-27-22(18)31-30-21)15-9-25-12-26-10-15/h1-12H,(H,28,29)(H,27,30,31). The molecule has 0 spiro atoms. The summed E-state index contributed by atoms with van der Waals surface area (Å²) in [7, 11) is 0. The van der Waals surface area contributed by atoms with Crippen LogP contribution in [0.25, 0.3) is 55.8 Å². The van der Waals surface area contributed by atoms with E-state index in [0.29, 0.717) is 17.2 Å². The third kappa shape index (κ3) is 2.93. The molecule has 4 heterocycles. The Morgan fingerprint density at radius 1 is 0.839 bits per heavy atom. The first-order chi connectivity index (χ1) is 15.3. The molecule has 6 aromatic rings. The van der Waals surface area contributed by atoms with Gasteiger partial charge in [0, 0.05) is 35.3 Å². The van der Waals surface area contributed by atoms with E-state index in [1.807, 2.05) is 30.3 Å². The summed E-state index contributed by atoms with van der Waals surface area (Å²) in [4.78, 5) is 20.8. The molecular formula is C23H14FN7. The Bertz CT molecular complexity index is 1550. The third-order valence-corrected chi connectivity index (χ3v) is 5.18. The lowest BCUT2D eigenvalue weighted by molar-refractivity contribution is 0.628. The Balaban J connectivity index is 1.52. The molecule has 2 N–H and O–H groups in total. The van der Waals surface area contributed by atoms with Crippen molar-refractivity contribution in [3.05, 3.63) is 79.3 Å². The van der Waals surface area contributed by atoms with Crippen LogP contribution < -0.4 is 0 Å². The van der Waals surface area contributed by atoms with Crippen molar-refractivity contribution in [1.29, 1.82) is 0 Å². The van der Waals surface area contributed by atoms with E-state index < -0.39 is 0 Å². The number of aromatic amines is 2. The van der Waals surface area contributed by atoms with Crippen molar-refractivity contribution in [2.24, 2.45) is 0 Å². The lowest BCUT2D eigenvalue weighted by Gasteiger charge is -2.02. The zero-order chi connectivity index (χ0) is 20.8. The number of para-hydroxylation sites is 1. The fraction of sp³-hybridized carbons (Fsp3) is 0. The summed E-state index contributed by atoms with van der Waals surface area (Å²) in [5, 5.41) is 8.23. The summed E-state index contributed by atoms with van der Waals surface area (Å²) < 4.78 is 13.8. The minimum atomic E-state index is -0.285. The van der Waals surface area contributed by atoms with E-state index in [0.717, 1.165) is 38.7 Å². The van der Waals surface area contributed by atoms with Crippen molar-refractivity contribution in [3.8, 4) is 33.8 Å². The number of nitrogens with zero attached hydrogens (tertiary/aromatic N) is 5. The van der Waals surface area contributed by atoms with Crippen LogP contribution in [-0.4, -0.2) is 35.1 Å². The SMILES string of the molecule is Fc1cccc(-c2cccc3[nH]c(-c4n[nH]c5ncc(-c6cncnc6)cc45)nc23)c1. The van der Waals surface area contributed by atoms with Crippen molar-refractivity contribution >= 4 is 22.1 Å². The highest BCUT2D eigenvalue weighted by Gasteiger charge is 2.16. The molecule has 0 aliphatic rings. The fourth-order valence-electron chi connectivity index (χ4n) is 3.72. The van der Waals surface area contributed by atoms with Gasteiger partial charge in [-0.2, -0.15) is 5.10 Å². The third-order valence-electron chi connectivity index (χ3n) is 5.18. The minimum absolute atomic E-state index is 0.285. The van der Waals surface area contributed by atoms with Crippen LogP contribution in [0.5, 0.6) is 0 Å². The van der Waals surface area contributed by atoms with Crippen LogP contribution in [0.2, 0.25) is 0 Å². The number of hydrogen-bond acceptors (Lipinski definition) is 5. The maximum absolute atomic E-state index is 13.8. The second-order valence-corrected chi connectivity index (χ2v) is 7.12. The number of fused-ring (bicyclic) bond motifs is 2. The largest absolute Gasteiger partial charge is 0.337 e. The van der Waals surface area contributed by atoms with Gasteiger partial charge in [-0.15, -0.1) is 0 Å². The first kappa shape index (κ1) is 17.4. The van der Waals surface area contributed by atoms with E-state index in [9.17, 15) is 4.39 Å². The minimum Gasteiger partial charge on any atom is -0.337 e. The summed E-state index contributed by atoms with van der Waals surface area (Å²) in [6.07, 6.45) is 6.72. The molecule has 0 unspecified atom stereocenters. The Labute approximate surface area is 175 Å². The Morgan fingerprint density at radius 2 is 1.71 bits per heavy atom. The fourth-order valence-corrected chi connectivity index (χ4v) is 3.72. The number of H-pyrrole nitrogens is 2. The highest BCUT2D eigenvalue weighted by Crippen LogP contribution is 2.32. The summed E-state index contributed by atoms with van der Waals surface area (Å²) in [5.41, 5.74) is 6.26. The van der Waals surface area contributed by atoms with E-state index in [1.165, 1.54) is 18.5 Å². The number of pyridine rings is 1. The number of aromatic nitrogens is 7. The van der Waals surface area contributed by atoms with Crippen LogP contribution >= 0.6 is 0 Å². The van der Waals surface area contributed by atoms with E-state index in [1.54, 1.807) is 24.7 Å². The Kier molecular flexibility index (Phi) is 3.82. The van der Waals surface area contributed by atoms with Crippen molar-refractivity contribution in [3.63, 3.8) is 0 Å². The topological polar surface area (TPSA) is 96.0 Å². The summed E-state index contributed by atoms with van der Waals surface area (Å²) in [6.45, 7) is 0. The van der Waals surface area contributed by atoms with Crippen LogP contribution in [0.1, 0.15) is 0 Å². The molecule has 0 aliphatic carbocycles. The van der Waals surface area contributed by atoms with Crippen LogP contribution in [0.3, 0.4) is 0 Å². The predicted octanol–water partition coefficient (Wildman–Crippen LogP) is 4.76. The lowest BCUT2D eigenvalue weighted by Crippen LogP contribution is -1.86. The average molecular weight is 407 g/mol. The van der Waals surface area contributed by atoms with Gasteiger partial charge < -0.3 is 4.98 Å². The van der Waals surface area contributed by atoms with Gasteiger partial charge in [-0.3, -0.25) is 5.10 Å². The normalized spacial score (nSPS) is 11.4. The Morgan fingerprint density at radius 3 is 2.58 bits per heavy atom. The first-order valence-electron chi connectivity index (χ1n) is 9.61. The van der Waals surface area contributed by atoms with Crippen molar-refractivity contribution in [2.75, 3.05) is 0 Å². The highest BCUT2D eigenvalue weighted by atomic mass is 19.1. The average Bonchev–Trinajstić information content (AvgIpc) is 3.43. The van der Waals surface area contributed by atoms with Gasteiger partial charge in [-0.05, 0) is 29.8 Å². The molecule has 0 atom stereocenters. The van der Waals surface area contributed by atoms with Gasteiger partial charge in [0.2, 0.25) is 0 Å². The molecule has 148 valence electrons. The number of rotatable bonds is 3. The number of benzene rings is 2. The number of nitrogens with one attached hydrogen (secondary N) is 2. The summed E-state index contributed by atoms with van der Waals surface area (Å²) in [5.74, 6) is 0.320. The van der Waals surface area contributed by atoms with E-state index >= 15 is 0 Å². The zero-order valence-corrected chi connectivity index (χ0v) is 16.0. The van der Waals surface area contributed by atoms with E-state index in [2.05, 4.69) is 30.1 Å². The Hall–Kier alpha value is -4.46. The molecular weight excluding hydrogens is 393 g/mol. The van der Waals surface area contributed by atoms with Crippen LogP contribution in [0.15, 0.2) is 73.4 Å². The molecule has 0 bridgehead atoms. The van der Waals surface area contributed by atoms with Crippen molar-refractivity contribution < 1.29 is 4.39 Å². The highest BCUT2D eigenvalue weighted by molar-refractivity contribution is 5.97. The maximum atomic E-state index is 13.8. The predicted molar refractivity (Wildman–Crippen MR) is 115 cm³/mol. The molecule has 0 amide bonds. The van der Waals surface area contributed by atoms with Gasteiger partial charge >= 0.3 is 0 Å². The summed E-state index contributed by atoms with van der Waals surface area (Å²) in [6, 6.07) is 14.3. The molecule has 6 rings (SSSR count). The molecule has 31 heavy (non-hydrogen) atoms. The first-order valence-corrected chi connectivity index (χ1v) is 9.61. The van der Waals surface area contributed by atoms with Crippen LogP contribution in [0, 0.1) is 5.82 Å². The molecule has 7 nitrogen and oxygen atoms in total. The van der Waals surface area contributed by atoms with Crippen LogP contribution in [-0.2, 0) is 0 Å². The number of hydrogen-bond donors (Lipinski definition) is 2. The maximum Gasteiger partial charge on any atom is 0.159 e. The molecule has 0 radical (unpaired) electrons. The van der Waals surface area contributed by atoms with E-state index in [4.69, 9.17) is 4.98 Å². The van der Waals surface area contributed by atoms with Gasteiger partial charge in [0.15, 0.2) is 11.5 Å². The zero-order valence-electron chi connectivity index (χ0n) is 16.0. The van der Waals surface area contributed by atoms with Gasteiger partial charge in [-0.1, -0.05) is 24.3 Å². The van der Waals surface area contributed by atoms with Crippen molar-refractivity contribution in [2.45, 2.75) is 0 Å². The molecule has 0 saturated carbocycles. The summed E-state index contributed by atoms with van der Waals surface area (Å²) >= 11 is 0. The van der Waals surface area contributed by atoms with Gasteiger partial charge in [-0.25, -0.2) is 24.3 Å². The lowest BCUT2D eigenvalue weighted by atomic mass is 10.0. The molecule has 8 heteroatoms. The smallest absolute Gasteiger partial charge is 0.159 e. The second kappa shape index (κ2) is 6.81. The van der Waals surface area contributed by atoms with Crippen molar-refractivity contribution in [1.82, 2.24) is 35.1 Å². The monoisotopic (exact) mass is 407 g/mol. The molecule has 2 aromatic carbocycles. The van der Waals surface area contributed by atoms with Gasteiger partial charge in [0.05, 0.1) is 16.4 Å². The molecule has 0 aliphatic heterocycles. The number of imidazole rings is 1. The quantitative estimate of drug-likeness (QED) is 0.441. The second-order valence-electron chi connectivity index (χ2n) is 7.12. The van der Waals surface area contributed by atoms with E-state index in [-0.39, 0.29) is 5.82 Å². The number of halogens is 1. The van der Waals surface area contributed by atoms with Gasteiger partial charge in [0.25, 0.3) is 0 Å². The molecule has 4 aromatic heterocycles. The molecule has 0 fully saturated rings. The van der Waals surface area contributed by atoms with Gasteiger partial charge in [0.1, 0.15) is 17.8 Å².